The Hall–Kier alpha value is -3.04. The van der Waals surface area contributed by atoms with Crippen LogP contribution in [0, 0.1) is 18.6 Å². The Morgan fingerprint density at radius 1 is 1.13 bits per heavy atom. The summed E-state index contributed by atoms with van der Waals surface area (Å²) in [6.07, 6.45) is 1.07. The molecule has 0 fully saturated rings. The standard InChI is InChI=1S/C21H16F2N2O3S2/c1-13-5-6-16(10-17(13)23)24-11-19-20(26)21-18(7-8-29-21)25(30(19,27)28)12-14-3-2-4-15(22)9-14/h2-11,24H,12H2,1H3. The third-order valence-corrected chi connectivity index (χ3v) is 7.34. The van der Waals surface area contributed by atoms with Gasteiger partial charge in [0.1, 0.15) is 16.5 Å². The van der Waals surface area contributed by atoms with Crippen molar-refractivity contribution in [2.75, 3.05) is 9.62 Å². The molecule has 0 spiro atoms. The Bertz CT molecular complexity index is 1280. The van der Waals surface area contributed by atoms with E-state index in [1.807, 2.05) is 0 Å². The van der Waals surface area contributed by atoms with Crippen molar-refractivity contribution in [1.82, 2.24) is 0 Å². The second-order valence-corrected chi connectivity index (χ2v) is 9.47. The van der Waals surface area contributed by atoms with Gasteiger partial charge in [-0.2, -0.15) is 0 Å². The number of benzene rings is 2. The maximum absolute atomic E-state index is 13.8. The molecule has 0 saturated carbocycles. The Morgan fingerprint density at radius 3 is 2.67 bits per heavy atom. The number of fused-ring (bicyclic) bond motifs is 1. The fraction of sp³-hybridized carbons (Fsp3) is 0.0952. The van der Waals surface area contributed by atoms with E-state index in [9.17, 15) is 22.0 Å². The topological polar surface area (TPSA) is 66.5 Å². The lowest BCUT2D eigenvalue weighted by atomic mass is 10.2. The first-order valence-corrected chi connectivity index (χ1v) is 11.2. The zero-order chi connectivity index (χ0) is 21.5. The minimum atomic E-state index is -4.22. The first kappa shape index (κ1) is 20.2. The third-order valence-electron chi connectivity index (χ3n) is 4.67. The first-order valence-electron chi connectivity index (χ1n) is 8.89. The number of hydrogen-bond acceptors (Lipinski definition) is 5. The summed E-state index contributed by atoms with van der Waals surface area (Å²) in [6, 6.07) is 11.5. The van der Waals surface area contributed by atoms with Crippen LogP contribution in [0.3, 0.4) is 0 Å². The summed E-state index contributed by atoms with van der Waals surface area (Å²) in [6.45, 7) is 1.48. The molecule has 30 heavy (non-hydrogen) atoms. The van der Waals surface area contributed by atoms with Gasteiger partial charge in [0.25, 0.3) is 10.0 Å². The molecule has 0 radical (unpaired) electrons. The van der Waals surface area contributed by atoms with Gasteiger partial charge in [-0.3, -0.25) is 9.10 Å². The number of allylic oxidation sites excluding steroid dienone is 1. The smallest absolute Gasteiger partial charge is 0.270 e. The van der Waals surface area contributed by atoms with Gasteiger partial charge in [-0.1, -0.05) is 18.2 Å². The van der Waals surface area contributed by atoms with E-state index in [2.05, 4.69) is 5.32 Å². The van der Waals surface area contributed by atoms with Crippen molar-refractivity contribution in [3.63, 3.8) is 0 Å². The van der Waals surface area contributed by atoms with Gasteiger partial charge in [0.05, 0.1) is 12.2 Å². The minimum Gasteiger partial charge on any atom is -0.360 e. The van der Waals surface area contributed by atoms with Gasteiger partial charge in [-0.25, -0.2) is 17.2 Å². The average molecular weight is 447 g/mol. The van der Waals surface area contributed by atoms with Crippen LogP contribution < -0.4 is 9.62 Å². The molecule has 4 rings (SSSR count). The maximum Gasteiger partial charge on any atom is 0.270 e. The summed E-state index contributed by atoms with van der Waals surface area (Å²) < 4.78 is 54.9. The van der Waals surface area contributed by atoms with Gasteiger partial charge in [0.2, 0.25) is 5.78 Å². The molecule has 0 amide bonds. The zero-order valence-electron chi connectivity index (χ0n) is 15.7. The number of thiophene rings is 1. The normalized spacial score (nSPS) is 16.6. The maximum atomic E-state index is 13.8. The second kappa shape index (κ2) is 7.66. The number of carbonyl (C=O) groups excluding carboxylic acids is 1. The lowest BCUT2D eigenvalue weighted by Gasteiger charge is -2.29. The molecule has 0 aliphatic carbocycles. The highest BCUT2D eigenvalue weighted by molar-refractivity contribution is 7.97. The van der Waals surface area contributed by atoms with Gasteiger partial charge in [-0.05, 0) is 53.8 Å². The average Bonchev–Trinajstić information content (AvgIpc) is 3.17. The van der Waals surface area contributed by atoms with E-state index in [1.54, 1.807) is 36.6 Å². The highest BCUT2D eigenvalue weighted by Gasteiger charge is 2.41. The molecular weight excluding hydrogens is 430 g/mol. The molecule has 1 aliphatic heterocycles. The van der Waals surface area contributed by atoms with Crippen molar-refractivity contribution in [3.05, 3.63) is 92.7 Å². The Morgan fingerprint density at radius 2 is 1.93 bits per heavy atom. The van der Waals surface area contributed by atoms with Gasteiger partial charge in [0, 0.05) is 11.9 Å². The number of Topliss-reactive ketones (excluding diaryl/α,β-unsaturated/α-hetero) is 1. The molecule has 0 unspecified atom stereocenters. The molecule has 2 aromatic carbocycles. The number of ketones is 1. The van der Waals surface area contributed by atoms with Crippen LogP contribution in [0.2, 0.25) is 0 Å². The van der Waals surface area contributed by atoms with Crippen LogP contribution >= 0.6 is 11.3 Å². The molecule has 5 nitrogen and oxygen atoms in total. The number of aryl methyl sites for hydroxylation is 1. The van der Waals surface area contributed by atoms with Crippen molar-refractivity contribution in [1.29, 1.82) is 0 Å². The van der Waals surface area contributed by atoms with Crippen molar-refractivity contribution in [2.24, 2.45) is 0 Å². The van der Waals surface area contributed by atoms with Crippen molar-refractivity contribution < 1.29 is 22.0 Å². The Labute approximate surface area is 176 Å². The summed E-state index contributed by atoms with van der Waals surface area (Å²) in [5.41, 5.74) is 1.45. The largest absolute Gasteiger partial charge is 0.360 e. The predicted molar refractivity (Wildman–Crippen MR) is 113 cm³/mol. The van der Waals surface area contributed by atoms with Crippen molar-refractivity contribution >= 4 is 38.5 Å². The molecule has 1 aliphatic rings. The summed E-state index contributed by atoms with van der Waals surface area (Å²) in [7, 11) is -4.22. The van der Waals surface area contributed by atoms with E-state index in [-0.39, 0.29) is 17.1 Å². The highest BCUT2D eigenvalue weighted by Crippen LogP contribution is 2.39. The summed E-state index contributed by atoms with van der Waals surface area (Å²) >= 11 is 1.12. The van der Waals surface area contributed by atoms with Crippen LogP contribution in [-0.2, 0) is 16.6 Å². The quantitative estimate of drug-likeness (QED) is 0.584. The summed E-state index contributed by atoms with van der Waals surface area (Å²) in [4.78, 5) is 12.7. The molecule has 3 aromatic rings. The van der Waals surface area contributed by atoms with Crippen molar-refractivity contribution in [3.8, 4) is 0 Å². The minimum absolute atomic E-state index is 0.131. The number of rotatable bonds is 4. The lowest BCUT2D eigenvalue weighted by molar-refractivity contribution is 0.104. The van der Waals surface area contributed by atoms with Crippen LogP contribution in [0.4, 0.5) is 20.2 Å². The zero-order valence-corrected chi connectivity index (χ0v) is 17.4. The number of halogens is 2. The van der Waals surface area contributed by atoms with Crippen LogP contribution in [0.1, 0.15) is 20.8 Å². The van der Waals surface area contributed by atoms with Crippen LogP contribution in [0.5, 0.6) is 0 Å². The number of carbonyl (C=O) groups is 1. The summed E-state index contributed by atoms with van der Waals surface area (Å²) in [5, 5.41) is 4.33. The van der Waals surface area contributed by atoms with Gasteiger partial charge < -0.3 is 5.32 Å². The van der Waals surface area contributed by atoms with Gasteiger partial charge in [-0.15, -0.1) is 11.3 Å². The SMILES string of the molecule is Cc1ccc(NC=C2C(=O)c3sccc3N(Cc3cccc(F)c3)S2(=O)=O)cc1F. The molecular formula is C21H16F2N2O3S2. The molecule has 154 valence electrons. The monoisotopic (exact) mass is 446 g/mol. The fourth-order valence-electron chi connectivity index (χ4n) is 3.09. The third kappa shape index (κ3) is 3.61. The second-order valence-electron chi connectivity index (χ2n) is 6.72. The van der Waals surface area contributed by atoms with Gasteiger partial charge >= 0.3 is 0 Å². The number of nitrogens with one attached hydrogen (secondary N) is 1. The number of hydrogen-bond donors (Lipinski definition) is 1. The number of nitrogens with zero attached hydrogens (tertiary/aromatic N) is 1. The number of sulfonamides is 1. The van der Waals surface area contributed by atoms with E-state index in [1.165, 1.54) is 24.3 Å². The van der Waals surface area contributed by atoms with Crippen molar-refractivity contribution in [2.45, 2.75) is 13.5 Å². The van der Waals surface area contributed by atoms with E-state index in [0.29, 0.717) is 16.8 Å². The summed E-state index contributed by atoms with van der Waals surface area (Å²) in [5.74, 6) is -1.58. The molecule has 0 saturated heterocycles. The van der Waals surface area contributed by atoms with E-state index < -0.39 is 32.3 Å². The van der Waals surface area contributed by atoms with Crippen LogP contribution in [0.25, 0.3) is 0 Å². The molecule has 1 N–H and O–H groups in total. The molecule has 0 atom stereocenters. The van der Waals surface area contributed by atoms with Gasteiger partial charge in [0.15, 0.2) is 4.91 Å². The van der Waals surface area contributed by atoms with E-state index >= 15 is 0 Å². The van der Waals surface area contributed by atoms with Crippen LogP contribution in [-0.4, -0.2) is 14.2 Å². The van der Waals surface area contributed by atoms with E-state index in [4.69, 9.17) is 0 Å². The predicted octanol–water partition coefficient (Wildman–Crippen LogP) is 4.82. The Kier molecular flexibility index (Phi) is 5.17. The lowest BCUT2D eigenvalue weighted by Crippen LogP contribution is -2.38. The van der Waals surface area contributed by atoms with Crippen LogP contribution in [0.15, 0.2) is 65.0 Å². The number of anilines is 2. The molecule has 1 aromatic heterocycles. The molecule has 2 heterocycles. The first-order chi connectivity index (χ1) is 14.3. The highest BCUT2D eigenvalue weighted by atomic mass is 32.2. The molecule has 0 bridgehead atoms. The van der Waals surface area contributed by atoms with E-state index in [0.717, 1.165) is 21.8 Å². The Balaban J connectivity index is 1.74. The molecule has 9 heteroatoms. The fourth-order valence-corrected chi connectivity index (χ4v) is 5.57.